The van der Waals surface area contributed by atoms with E-state index in [0.717, 1.165) is 5.56 Å². The number of rotatable bonds is 11. The molecule has 0 atom stereocenters. The van der Waals surface area contributed by atoms with Gasteiger partial charge in [0, 0.05) is 37.3 Å². The molecule has 162 valence electrons. The van der Waals surface area contributed by atoms with E-state index in [9.17, 15) is 9.59 Å². The van der Waals surface area contributed by atoms with Crippen LogP contribution in [0.1, 0.15) is 30.9 Å². The molecular formula is C22H25Cl2NO5. The van der Waals surface area contributed by atoms with E-state index in [2.05, 4.69) is 5.32 Å². The highest BCUT2D eigenvalue weighted by Gasteiger charge is 2.15. The van der Waals surface area contributed by atoms with Crippen molar-refractivity contribution in [3.8, 4) is 17.2 Å². The number of amides is 1. The third-order valence-corrected chi connectivity index (χ3v) is 4.86. The van der Waals surface area contributed by atoms with Gasteiger partial charge in [0.2, 0.25) is 5.91 Å². The third kappa shape index (κ3) is 6.82. The number of ketones is 1. The number of hydrogen-bond acceptors (Lipinski definition) is 5. The maximum absolute atomic E-state index is 12.3. The van der Waals surface area contributed by atoms with Gasteiger partial charge in [0.05, 0.1) is 24.9 Å². The standard InChI is InChI=1S/C22H25Cl2NO5/c1-14(26)25-19-12-21(16(11-18(19)24)10-17(27)5-4-8-23)30-13-15-6-7-20(28-2)22(9-15)29-3/h6-7,9,11-12H,4-5,8,10,13H2,1-3H3,(H,25,26). The van der Waals surface area contributed by atoms with E-state index in [1.807, 2.05) is 12.1 Å². The lowest BCUT2D eigenvalue weighted by Crippen LogP contribution is -2.09. The Morgan fingerprint density at radius 3 is 2.40 bits per heavy atom. The Hall–Kier alpha value is -2.44. The van der Waals surface area contributed by atoms with Gasteiger partial charge in [-0.3, -0.25) is 9.59 Å². The second kappa shape index (κ2) is 11.7. The average molecular weight is 454 g/mol. The van der Waals surface area contributed by atoms with Crippen LogP contribution in [0, 0.1) is 0 Å². The topological polar surface area (TPSA) is 73.9 Å². The van der Waals surface area contributed by atoms with Gasteiger partial charge in [-0.25, -0.2) is 0 Å². The molecule has 0 fully saturated rings. The molecule has 2 aromatic rings. The third-order valence-electron chi connectivity index (χ3n) is 4.28. The smallest absolute Gasteiger partial charge is 0.221 e. The summed E-state index contributed by atoms with van der Waals surface area (Å²) >= 11 is 12.0. The van der Waals surface area contributed by atoms with Crippen molar-refractivity contribution in [2.24, 2.45) is 0 Å². The Bertz CT molecular complexity index is 901. The van der Waals surface area contributed by atoms with E-state index in [1.165, 1.54) is 6.92 Å². The number of alkyl halides is 1. The molecule has 0 unspecified atom stereocenters. The zero-order chi connectivity index (χ0) is 22.1. The molecule has 0 spiro atoms. The van der Waals surface area contributed by atoms with Crippen LogP contribution in [0.2, 0.25) is 5.02 Å². The van der Waals surface area contributed by atoms with Crippen molar-refractivity contribution in [1.82, 2.24) is 0 Å². The van der Waals surface area contributed by atoms with Gasteiger partial charge in [-0.2, -0.15) is 0 Å². The zero-order valence-electron chi connectivity index (χ0n) is 17.2. The van der Waals surface area contributed by atoms with Gasteiger partial charge in [-0.05, 0) is 30.2 Å². The second-order valence-corrected chi connectivity index (χ2v) is 7.39. The highest BCUT2D eigenvalue weighted by atomic mass is 35.5. The van der Waals surface area contributed by atoms with Crippen LogP contribution in [0.15, 0.2) is 30.3 Å². The number of carbonyl (C=O) groups excluding carboxylic acids is 2. The first-order valence-corrected chi connectivity index (χ1v) is 10.3. The second-order valence-electron chi connectivity index (χ2n) is 6.61. The molecule has 30 heavy (non-hydrogen) atoms. The van der Waals surface area contributed by atoms with Crippen molar-refractivity contribution < 1.29 is 23.8 Å². The highest BCUT2D eigenvalue weighted by Crippen LogP contribution is 2.33. The van der Waals surface area contributed by atoms with Crippen LogP contribution in [0.4, 0.5) is 5.69 Å². The predicted molar refractivity (Wildman–Crippen MR) is 118 cm³/mol. The fourth-order valence-electron chi connectivity index (χ4n) is 2.85. The normalized spacial score (nSPS) is 10.4. The molecule has 2 aromatic carbocycles. The summed E-state index contributed by atoms with van der Waals surface area (Å²) in [7, 11) is 3.13. The minimum atomic E-state index is -0.256. The average Bonchev–Trinajstić information content (AvgIpc) is 2.72. The number of carbonyl (C=O) groups is 2. The molecule has 0 saturated heterocycles. The summed E-state index contributed by atoms with van der Waals surface area (Å²) in [6, 6.07) is 8.74. The van der Waals surface area contributed by atoms with Gasteiger partial charge >= 0.3 is 0 Å². The summed E-state index contributed by atoms with van der Waals surface area (Å²) < 4.78 is 16.6. The first kappa shape index (κ1) is 23.8. The first-order chi connectivity index (χ1) is 14.4. The molecule has 0 aliphatic heterocycles. The van der Waals surface area contributed by atoms with Crippen molar-refractivity contribution >= 4 is 40.6 Å². The molecule has 0 radical (unpaired) electrons. The maximum atomic E-state index is 12.3. The van der Waals surface area contributed by atoms with E-state index in [-0.39, 0.29) is 24.7 Å². The molecule has 0 heterocycles. The van der Waals surface area contributed by atoms with Crippen LogP contribution in [-0.4, -0.2) is 31.8 Å². The Labute approximate surface area is 186 Å². The number of halogens is 2. The Morgan fingerprint density at radius 1 is 1.03 bits per heavy atom. The van der Waals surface area contributed by atoms with Crippen molar-refractivity contribution in [3.05, 3.63) is 46.5 Å². The van der Waals surface area contributed by atoms with Gasteiger partial charge < -0.3 is 19.5 Å². The Kier molecular flexibility index (Phi) is 9.27. The number of Topliss-reactive ketones (excluding diaryl/α,β-unsaturated/α-hetero) is 1. The molecule has 8 heteroatoms. The quantitative estimate of drug-likeness (QED) is 0.483. The number of hydrogen-bond donors (Lipinski definition) is 1. The zero-order valence-corrected chi connectivity index (χ0v) is 18.7. The minimum absolute atomic E-state index is 0.0370. The van der Waals surface area contributed by atoms with Crippen molar-refractivity contribution in [3.63, 3.8) is 0 Å². The molecular weight excluding hydrogens is 429 g/mol. The van der Waals surface area contributed by atoms with E-state index >= 15 is 0 Å². The summed E-state index contributed by atoms with van der Waals surface area (Å²) in [5.74, 6) is 1.88. The van der Waals surface area contributed by atoms with Crippen molar-refractivity contribution in [2.45, 2.75) is 32.8 Å². The van der Waals surface area contributed by atoms with E-state index < -0.39 is 0 Å². The van der Waals surface area contributed by atoms with Crippen LogP contribution in [0.25, 0.3) is 0 Å². The van der Waals surface area contributed by atoms with E-state index in [4.69, 9.17) is 37.4 Å². The van der Waals surface area contributed by atoms with E-state index in [1.54, 1.807) is 32.4 Å². The predicted octanol–water partition coefficient (Wildman–Crippen LogP) is 5.03. The summed E-state index contributed by atoms with van der Waals surface area (Å²) in [4.78, 5) is 23.7. The van der Waals surface area contributed by atoms with Gasteiger partial charge in [0.1, 0.15) is 18.1 Å². The van der Waals surface area contributed by atoms with Crippen molar-refractivity contribution in [2.75, 3.05) is 25.4 Å². The van der Waals surface area contributed by atoms with Gasteiger partial charge in [-0.1, -0.05) is 17.7 Å². The monoisotopic (exact) mass is 453 g/mol. The van der Waals surface area contributed by atoms with Crippen LogP contribution < -0.4 is 19.5 Å². The molecule has 0 aromatic heterocycles. The SMILES string of the molecule is COc1ccc(COc2cc(NC(C)=O)c(Cl)cc2CC(=O)CCCCl)cc1OC. The largest absolute Gasteiger partial charge is 0.493 e. The lowest BCUT2D eigenvalue weighted by Gasteiger charge is -2.16. The van der Waals surface area contributed by atoms with Gasteiger partial charge in [0.15, 0.2) is 11.5 Å². The maximum Gasteiger partial charge on any atom is 0.221 e. The van der Waals surface area contributed by atoms with Crippen LogP contribution in [0.5, 0.6) is 17.2 Å². The Balaban J connectivity index is 2.28. The summed E-state index contributed by atoms with van der Waals surface area (Å²) in [6.07, 6.45) is 1.15. The first-order valence-electron chi connectivity index (χ1n) is 9.39. The van der Waals surface area contributed by atoms with E-state index in [0.29, 0.717) is 52.2 Å². The molecule has 1 amide bonds. The number of nitrogens with one attached hydrogen (secondary N) is 1. The summed E-state index contributed by atoms with van der Waals surface area (Å²) in [5.41, 5.74) is 1.92. The lowest BCUT2D eigenvalue weighted by molar-refractivity contribution is -0.118. The van der Waals surface area contributed by atoms with Crippen molar-refractivity contribution in [1.29, 1.82) is 0 Å². The lowest BCUT2D eigenvalue weighted by atomic mass is 10.0. The summed E-state index contributed by atoms with van der Waals surface area (Å²) in [5, 5.41) is 3.01. The van der Waals surface area contributed by atoms with Crippen LogP contribution >= 0.6 is 23.2 Å². The van der Waals surface area contributed by atoms with Gasteiger partial charge in [0.25, 0.3) is 0 Å². The molecule has 1 N–H and O–H groups in total. The Morgan fingerprint density at radius 2 is 1.77 bits per heavy atom. The highest BCUT2D eigenvalue weighted by molar-refractivity contribution is 6.33. The van der Waals surface area contributed by atoms with Crippen LogP contribution in [0.3, 0.4) is 0 Å². The number of methoxy groups -OCH3 is 2. The molecule has 0 aliphatic carbocycles. The number of benzene rings is 2. The minimum Gasteiger partial charge on any atom is -0.493 e. The molecule has 2 rings (SSSR count). The number of ether oxygens (including phenoxy) is 3. The molecule has 0 saturated carbocycles. The fourth-order valence-corrected chi connectivity index (χ4v) is 3.22. The summed E-state index contributed by atoms with van der Waals surface area (Å²) in [6.45, 7) is 1.62. The fraction of sp³-hybridized carbons (Fsp3) is 0.364. The van der Waals surface area contributed by atoms with Gasteiger partial charge in [-0.15, -0.1) is 11.6 Å². The van der Waals surface area contributed by atoms with Crippen LogP contribution in [-0.2, 0) is 22.6 Å². The molecule has 0 aliphatic rings. The molecule has 0 bridgehead atoms. The molecule has 6 nitrogen and oxygen atoms in total. The number of anilines is 1.